The van der Waals surface area contributed by atoms with Gasteiger partial charge in [0.15, 0.2) is 5.78 Å². The molecule has 0 aromatic heterocycles. The summed E-state index contributed by atoms with van der Waals surface area (Å²) >= 11 is 0. The van der Waals surface area contributed by atoms with Crippen LogP contribution in [0.2, 0.25) is 0 Å². The Morgan fingerprint density at radius 1 is 1.58 bits per heavy atom. The number of carbonyl (C=O) groups excluding carboxylic acids is 1. The van der Waals surface area contributed by atoms with Gasteiger partial charge < -0.3 is 5.11 Å². The number of aliphatic hydroxyl groups excluding tert-OH is 1. The molecule has 0 bridgehead atoms. The first kappa shape index (κ1) is 9.46. The molecule has 0 aromatic carbocycles. The predicted octanol–water partition coefficient (Wildman–Crippen LogP) is 1.54. The van der Waals surface area contributed by atoms with Gasteiger partial charge in [-0.1, -0.05) is 19.1 Å². The molecule has 1 saturated carbocycles. The Balaban J connectivity index is 2.71. The summed E-state index contributed by atoms with van der Waals surface area (Å²) in [7, 11) is 0. The molecule has 1 rings (SSSR count). The van der Waals surface area contributed by atoms with E-state index in [0.717, 1.165) is 18.4 Å². The van der Waals surface area contributed by atoms with E-state index in [2.05, 4.69) is 6.58 Å². The van der Waals surface area contributed by atoms with Gasteiger partial charge in [-0.2, -0.15) is 0 Å². The molecule has 0 saturated heterocycles. The maximum atomic E-state index is 11.3. The largest absolute Gasteiger partial charge is 0.385 e. The lowest BCUT2D eigenvalue weighted by atomic mass is 9.77. The van der Waals surface area contributed by atoms with Crippen LogP contribution in [0.3, 0.4) is 0 Å². The van der Waals surface area contributed by atoms with E-state index in [4.69, 9.17) is 0 Å². The fraction of sp³-hybridized carbons (Fsp3) is 0.700. The van der Waals surface area contributed by atoms with Crippen molar-refractivity contribution >= 4 is 5.78 Å². The lowest BCUT2D eigenvalue weighted by Crippen LogP contribution is -2.38. The third-order valence-electron chi connectivity index (χ3n) is 2.70. The topological polar surface area (TPSA) is 37.3 Å². The Bertz CT molecular complexity index is 208. The Kier molecular flexibility index (Phi) is 2.68. The third-order valence-corrected chi connectivity index (χ3v) is 2.70. The Labute approximate surface area is 73.3 Å². The average Bonchev–Trinajstić information content (AvgIpc) is 2.00. The van der Waals surface area contributed by atoms with Gasteiger partial charge in [0.05, 0.1) is 0 Å². The van der Waals surface area contributed by atoms with Gasteiger partial charge in [-0.05, 0) is 19.8 Å². The minimum atomic E-state index is -0.800. The highest BCUT2D eigenvalue weighted by Crippen LogP contribution is 2.30. The fourth-order valence-electron chi connectivity index (χ4n) is 1.74. The lowest BCUT2D eigenvalue weighted by Gasteiger charge is -2.30. The number of rotatable bonds is 1. The SMILES string of the molecule is C=C(C)[C@@H]1CC[C@@H](C)C(=O)C1O. The molecule has 0 aromatic rings. The maximum Gasteiger partial charge on any atom is 0.164 e. The van der Waals surface area contributed by atoms with Crippen LogP contribution < -0.4 is 0 Å². The van der Waals surface area contributed by atoms with E-state index in [1.165, 1.54) is 0 Å². The molecule has 0 heterocycles. The molecule has 2 nitrogen and oxygen atoms in total. The number of carbonyl (C=O) groups is 1. The molecule has 3 atom stereocenters. The second-order valence-electron chi connectivity index (χ2n) is 3.78. The minimum absolute atomic E-state index is 0.00583. The highest BCUT2D eigenvalue weighted by Gasteiger charge is 2.34. The molecular weight excluding hydrogens is 152 g/mol. The standard InChI is InChI=1S/C10H16O2/c1-6(2)8-5-4-7(3)9(11)10(8)12/h7-8,10,12H,1,4-5H2,2-3H3/t7-,8+,10?/m1/s1. The number of ketones is 1. The van der Waals surface area contributed by atoms with Crippen molar-refractivity contribution in [2.24, 2.45) is 11.8 Å². The van der Waals surface area contributed by atoms with E-state index < -0.39 is 6.10 Å². The Hall–Kier alpha value is -0.630. The first-order valence-electron chi connectivity index (χ1n) is 4.41. The average molecular weight is 168 g/mol. The summed E-state index contributed by atoms with van der Waals surface area (Å²) in [5.41, 5.74) is 0.919. The van der Waals surface area contributed by atoms with Crippen molar-refractivity contribution < 1.29 is 9.90 Å². The van der Waals surface area contributed by atoms with Gasteiger partial charge in [-0.15, -0.1) is 0 Å². The molecule has 2 heteroatoms. The van der Waals surface area contributed by atoms with E-state index in [1.54, 1.807) is 0 Å². The summed E-state index contributed by atoms with van der Waals surface area (Å²) in [6.45, 7) is 7.52. The second-order valence-corrected chi connectivity index (χ2v) is 3.78. The van der Waals surface area contributed by atoms with Crippen LogP contribution in [0.25, 0.3) is 0 Å². The highest BCUT2D eigenvalue weighted by molar-refractivity contribution is 5.86. The van der Waals surface area contributed by atoms with Crippen molar-refractivity contribution in [3.05, 3.63) is 12.2 Å². The van der Waals surface area contributed by atoms with Crippen LogP contribution in [0, 0.1) is 11.8 Å². The number of Topliss-reactive ketones (excluding diaryl/α,β-unsaturated/α-hetero) is 1. The molecular formula is C10H16O2. The molecule has 0 spiro atoms. The van der Waals surface area contributed by atoms with Crippen molar-refractivity contribution in [3.63, 3.8) is 0 Å². The molecule has 68 valence electrons. The van der Waals surface area contributed by atoms with Crippen LogP contribution in [-0.2, 0) is 4.79 Å². The first-order valence-corrected chi connectivity index (χ1v) is 4.41. The number of hydrogen-bond acceptors (Lipinski definition) is 2. The van der Waals surface area contributed by atoms with Crippen LogP contribution in [0.15, 0.2) is 12.2 Å². The number of hydrogen-bond donors (Lipinski definition) is 1. The van der Waals surface area contributed by atoms with Gasteiger partial charge in [0.25, 0.3) is 0 Å². The third kappa shape index (κ3) is 1.58. The molecule has 1 unspecified atom stereocenters. The van der Waals surface area contributed by atoms with Gasteiger partial charge in [0.2, 0.25) is 0 Å². The van der Waals surface area contributed by atoms with Crippen LogP contribution >= 0.6 is 0 Å². The summed E-state index contributed by atoms with van der Waals surface area (Å²) in [4.78, 5) is 11.3. The van der Waals surface area contributed by atoms with Crippen molar-refractivity contribution in [3.8, 4) is 0 Å². The molecule has 0 aliphatic heterocycles. The Morgan fingerprint density at radius 2 is 2.17 bits per heavy atom. The van der Waals surface area contributed by atoms with E-state index in [0.29, 0.717) is 0 Å². The van der Waals surface area contributed by atoms with Crippen molar-refractivity contribution in [1.29, 1.82) is 0 Å². The van der Waals surface area contributed by atoms with Gasteiger partial charge in [0, 0.05) is 11.8 Å². The maximum absolute atomic E-state index is 11.3. The van der Waals surface area contributed by atoms with Crippen LogP contribution in [-0.4, -0.2) is 17.0 Å². The Morgan fingerprint density at radius 3 is 2.67 bits per heavy atom. The predicted molar refractivity (Wildman–Crippen MR) is 47.7 cm³/mol. The summed E-state index contributed by atoms with van der Waals surface area (Å²) in [6.07, 6.45) is 0.975. The van der Waals surface area contributed by atoms with Crippen molar-refractivity contribution in [2.45, 2.75) is 32.8 Å². The lowest BCUT2D eigenvalue weighted by molar-refractivity contribution is -0.135. The molecule has 1 aliphatic carbocycles. The highest BCUT2D eigenvalue weighted by atomic mass is 16.3. The van der Waals surface area contributed by atoms with Crippen LogP contribution in [0.1, 0.15) is 26.7 Å². The molecule has 12 heavy (non-hydrogen) atoms. The fourth-order valence-corrected chi connectivity index (χ4v) is 1.74. The van der Waals surface area contributed by atoms with E-state index >= 15 is 0 Å². The molecule has 1 aliphatic rings. The minimum Gasteiger partial charge on any atom is -0.385 e. The van der Waals surface area contributed by atoms with Gasteiger partial charge in [-0.3, -0.25) is 4.79 Å². The summed E-state index contributed by atoms with van der Waals surface area (Å²) in [5, 5.41) is 9.57. The monoisotopic (exact) mass is 168 g/mol. The molecule has 0 amide bonds. The molecule has 0 radical (unpaired) electrons. The summed E-state index contributed by atoms with van der Waals surface area (Å²) in [6, 6.07) is 0. The second kappa shape index (κ2) is 3.40. The number of aliphatic hydroxyl groups is 1. The van der Waals surface area contributed by atoms with Crippen molar-refractivity contribution in [2.75, 3.05) is 0 Å². The molecule has 1 N–H and O–H groups in total. The summed E-state index contributed by atoms with van der Waals surface area (Å²) < 4.78 is 0. The zero-order valence-corrected chi connectivity index (χ0v) is 7.71. The van der Waals surface area contributed by atoms with E-state index in [1.807, 2.05) is 13.8 Å². The van der Waals surface area contributed by atoms with Crippen LogP contribution in [0.4, 0.5) is 0 Å². The zero-order valence-electron chi connectivity index (χ0n) is 7.71. The molecule has 1 fully saturated rings. The normalized spacial score (nSPS) is 36.6. The smallest absolute Gasteiger partial charge is 0.164 e. The quantitative estimate of drug-likeness (QED) is 0.603. The van der Waals surface area contributed by atoms with Gasteiger partial charge in [0.1, 0.15) is 6.10 Å². The van der Waals surface area contributed by atoms with Crippen molar-refractivity contribution in [1.82, 2.24) is 0 Å². The first-order chi connectivity index (χ1) is 5.54. The zero-order chi connectivity index (χ0) is 9.30. The van der Waals surface area contributed by atoms with E-state index in [-0.39, 0.29) is 17.6 Å². The van der Waals surface area contributed by atoms with E-state index in [9.17, 15) is 9.90 Å². The summed E-state index contributed by atoms with van der Waals surface area (Å²) in [5.74, 6) is -0.00134. The van der Waals surface area contributed by atoms with Gasteiger partial charge >= 0.3 is 0 Å². The van der Waals surface area contributed by atoms with Crippen LogP contribution in [0.5, 0.6) is 0 Å². The van der Waals surface area contributed by atoms with Gasteiger partial charge in [-0.25, -0.2) is 0 Å².